The summed E-state index contributed by atoms with van der Waals surface area (Å²) in [6.45, 7) is 1.77. The van der Waals surface area contributed by atoms with E-state index in [0.717, 1.165) is 11.8 Å². The first-order valence-corrected chi connectivity index (χ1v) is 6.04. The van der Waals surface area contributed by atoms with Gasteiger partial charge in [-0.1, -0.05) is 12.1 Å². The van der Waals surface area contributed by atoms with E-state index >= 15 is 0 Å². The van der Waals surface area contributed by atoms with Gasteiger partial charge in [-0.3, -0.25) is 0 Å². The van der Waals surface area contributed by atoms with Crippen molar-refractivity contribution in [1.82, 2.24) is 0 Å². The maximum Gasteiger partial charge on any atom is 0.175 e. The van der Waals surface area contributed by atoms with Gasteiger partial charge in [0.25, 0.3) is 0 Å². The van der Waals surface area contributed by atoms with Crippen molar-refractivity contribution in [3.05, 3.63) is 29.8 Å². The predicted octanol–water partition coefficient (Wildman–Crippen LogP) is 1.72. The second-order valence-corrected chi connectivity index (χ2v) is 5.21. The predicted molar refractivity (Wildman–Crippen MR) is 53.6 cm³/mol. The van der Waals surface area contributed by atoms with Crippen LogP contribution in [0.2, 0.25) is 0 Å². The monoisotopic (exact) mass is 209 g/mol. The molecule has 0 radical (unpaired) electrons. The first kappa shape index (κ1) is 10.7. The number of hydrogen-bond donors (Lipinski definition) is 0. The molecule has 0 aliphatic rings. The lowest BCUT2D eigenvalue weighted by Crippen LogP contribution is -1.97. The summed E-state index contributed by atoms with van der Waals surface area (Å²) >= 11 is 0. The molecule has 74 valence electrons. The van der Waals surface area contributed by atoms with Gasteiger partial charge in [0.15, 0.2) is 9.84 Å². The Morgan fingerprint density at radius 3 is 2.14 bits per heavy atom. The first-order valence-electron chi connectivity index (χ1n) is 4.15. The van der Waals surface area contributed by atoms with Crippen molar-refractivity contribution in [2.24, 2.45) is 0 Å². The first-order chi connectivity index (χ1) is 6.45. The number of nitrogens with zero attached hydrogens (tertiary/aromatic N) is 1. The largest absolute Gasteiger partial charge is 0.224 e. The van der Waals surface area contributed by atoms with Gasteiger partial charge in [-0.15, -0.1) is 0 Å². The Balaban J connectivity index is 3.09. The van der Waals surface area contributed by atoms with E-state index in [1.165, 1.54) is 12.1 Å². The molecule has 1 atom stereocenters. The molecule has 1 aromatic rings. The standard InChI is InChI=1S/C10H11NO2S/c1-8(7-11)9-3-5-10(6-4-9)14(2,12)13/h3-6,8H,1-2H3/t8-/m0/s1. The number of sulfone groups is 1. The lowest BCUT2D eigenvalue weighted by Gasteiger charge is -2.03. The molecule has 1 aromatic carbocycles. The quantitative estimate of drug-likeness (QED) is 0.745. The molecule has 0 aliphatic carbocycles. The zero-order chi connectivity index (χ0) is 10.8. The van der Waals surface area contributed by atoms with Gasteiger partial charge in [-0.05, 0) is 24.6 Å². The van der Waals surface area contributed by atoms with Crippen LogP contribution >= 0.6 is 0 Å². The summed E-state index contributed by atoms with van der Waals surface area (Å²) in [5.74, 6) is -0.205. The van der Waals surface area contributed by atoms with Crippen LogP contribution in [-0.4, -0.2) is 14.7 Å². The fourth-order valence-corrected chi connectivity index (χ4v) is 1.71. The molecule has 4 heteroatoms. The van der Waals surface area contributed by atoms with Crippen LogP contribution in [-0.2, 0) is 9.84 Å². The van der Waals surface area contributed by atoms with E-state index in [4.69, 9.17) is 5.26 Å². The average molecular weight is 209 g/mol. The highest BCUT2D eigenvalue weighted by Crippen LogP contribution is 2.16. The zero-order valence-corrected chi connectivity index (χ0v) is 8.88. The normalized spacial score (nSPS) is 13.2. The summed E-state index contributed by atoms with van der Waals surface area (Å²) in [5.41, 5.74) is 0.833. The molecular formula is C10H11NO2S. The number of hydrogen-bond acceptors (Lipinski definition) is 3. The Hall–Kier alpha value is -1.34. The smallest absolute Gasteiger partial charge is 0.175 e. The van der Waals surface area contributed by atoms with Gasteiger partial charge in [0.1, 0.15) is 0 Å². The van der Waals surface area contributed by atoms with Crippen LogP contribution in [0.3, 0.4) is 0 Å². The lowest BCUT2D eigenvalue weighted by atomic mass is 10.0. The molecule has 0 fully saturated rings. The van der Waals surface area contributed by atoms with Crippen LogP contribution in [0.15, 0.2) is 29.2 Å². The molecule has 0 unspecified atom stereocenters. The second-order valence-electron chi connectivity index (χ2n) is 3.19. The molecule has 0 heterocycles. The number of rotatable bonds is 2. The highest BCUT2D eigenvalue weighted by Gasteiger charge is 2.08. The Kier molecular flexibility index (Phi) is 2.92. The maximum absolute atomic E-state index is 11.1. The third-order valence-corrected chi connectivity index (χ3v) is 3.13. The summed E-state index contributed by atoms with van der Waals surface area (Å²) in [6.07, 6.45) is 1.16. The van der Waals surface area contributed by atoms with Crippen molar-refractivity contribution in [3.8, 4) is 6.07 Å². The van der Waals surface area contributed by atoms with E-state index < -0.39 is 9.84 Å². The Bertz CT molecular complexity index is 454. The molecule has 0 aromatic heterocycles. The summed E-state index contributed by atoms with van der Waals surface area (Å²) in [5, 5.41) is 8.65. The molecule has 0 aliphatic heterocycles. The van der Waals surface area contributed by atoms with Crippen LogP contribution in [0.1, 0.15) is 18.4 Å². The highest BCUT2D eigenvalue weighted by molar-refractivity contribution is 7.90. The number of benzene rings is 1. The summed E-state index contributed by atoms with van der Waals surface area (Å²) in [6, 6.07) is 8.48. The molecule has 0 saturated carbocycles. The second kappa shape index (κ2) is 3.81. The topological polar surface area (TPSA) is 57.9 Å². The highest BCUT2D eigenvalue weighted by atomic mass is 32.2. The molecular weight excluding hydrogens is 198 g/mol. The molecule has 0 spiro atoms. The Labute approximate surface area is 83.9 Å². The van der Waals surface area contributed by atoms with Gasteiger partial charge in [-0.2, -0.15) is 5.26 Å². The Morgan fingerprint density at radius 1 is 1.29 bits per heavy atom. The molecule has 0 saturated heterocycles. The van der Waals surface area contributed by atoms with E-state index in [9.17, 15) is 8.42 Å². The minimum Gasteiger partial charge on any atom is -0.224 e. The van der Waals surface area contributed by atoms with Crippen molar-refractivity contribution in [2.45, 2.75) is 17.7 Å². The van der Waals surface area contributed by atoms with Gasteiger partial charge < -0.3 is 0 Å². The molecule has 3 nitrogen and oxygen atoms in total. The van der Waals surface area contributed by atoms with Gasteiger partial charge in [0.05, 0.1) is 16.9 Å². The van der Waals surface area contributed by atoms with Crippen molar-refractivity contribution in [1.29, 1.82) is 5.26 Å². The van der Waals surface area contributed by atoms with E-state index in [1.807, 2.05) is 0 Å². The van der Waals surface area contributed by atoms with Crippen LogP contribution in [0.5, 0.6) is 0 Å². The van der Waals surface area contributed by atoms with Crippen molar-refractivity contribution < 1.29 is 8.42 Å². The SMILES string of the molecule is C[C@@H](C#N)c1ccc(S(C)(=O)=O)cc1. The van der Waals surface area contributed by atoms with Crippen molar-refractivity contribution >= 4 is 9.84 Å². The van der Waals surface area contributed by atoms with Gasteiger partial charge >= 0.3 is 0 Å². The van der Waals surface area contributed by atoms with Crippen molar-refractivity contribution in [3.63, 3.8) is 0 Å². The van der Waals surface area contributed by atoms with Crippen LogP contribution in [0.4, 0.5) is 0 Å². The van der Waals surface area contributed by atoms with E-state index in [-0.39, 0.29) is 10.8 Å². The minimum absolute atomic E-state index is 0.205. The molecule has 14 heavy (non-hydrogen) atoms. The molecule has 0 amide bonds. The average Bonchev–Trinajstić information content (AvgIpc) is 2.15. The third kappa shape index (κ3) is 2.33. The number of nitriles is 1. The molecule has 0 N–H and O–H groups in total. The fraction of sp³-hybridized carbons (Fsp3) is 0.300. The minimum atomic E-state index is -3.13. The fourth-order valence-electron chi connectivity index (χ4n) is 1.08. The van der Waals surface area contributed by atoms with E-state index in [2.05, 4.69) is 6.07 Å². The van der Waals surface area contributed by atoms with Crippen molar-refractivity contribution in [2.75, 3.05) is 6.26 Å². The molecule has 0 bridgehead atoms. The van der Waals surface area contributed by atoms with E-state index in [1.54, 1.807) is 19.1 Å². The lowest BCUT2D eigenvalue weighted by molar-refractivity contribution is 0.602. The van der Waals surface area contributed by atoms with Gasteiger partial charge in [-0.25, -0.2) is 8.42 Å². The Morgan fingerprint density at radius 2 is 1.79 bits per heavy atom. The summed E-state index contributed by atoms with van der Waals surface area (Å²) in [7, 11) is -3.13. The summed E-state index contributed by atoms with van der Waals surface area (Å²) in [4.78, 5) is 0.284. The zero-order valence-electron chi connectivity index (χ0n) is 8.06. The van der Waals surface area contributed by atoms with Crippen LogP contribution < -0.4 is 0 Å². The van der Waals surface area contributed by atoms with Gasteiger partial charge in [0, 0.05) is 6.26 Å². The van der Waals surface area contributed by atoms with E-state index in [0.29, 0.717) is 0 Å². The van der Waals surface area contributed by atoms with Crippen LogP contribution in [0, 0.1) is 11.3 Å². The van der Waals surface area contributed by atoms with Gasteiger partial charge in [0.2, 0.25) is 0 Å². The third-order valence-electron chi connectivity index (χ3n) is 2.00. The molecule has 1 rings (SSSR count). The summed E-state index contributed by atoms with van der Waals surface area (Å²) < 4.78 is 22.2. The van der Waals surface area contributed by atoms with Crippen LogP contribution in [0.25, 0.3) is 0 Å². The maximum atomic E-state index is 11.1.